The predicted molar refractivity (Wildman–Crippen MR) is 105 cm³/mol. The van der Waals surface area contributed by atoms with E-state index in [2.05, 4.69) is 12.1 Å². The van der Waals surface area contributed by atoms with Gasteiger partial charge in [-0.15, -0.1) is 0 Å². The van der Waals surface area contributed by atoms with Crippen LogP contribution in [-0.2, 0) is 27.8 Å². The van der Waals surface area contributed by atoms with E-state index in [9.17, 15) is 13.2 Å². The van der Waals surface area contributed by atoms with Crippen LogP contribution < -0.4 is 9.04 Å². The van der Waals surface area contributed by atoms with Crippen molar-refractivity contribution in [3.05, 3.63) is 59.7 Å². The lowest BCUT2D eigenvalue weighted by Crippen LogP contribution is -2.43. The van der Waals surface area contributed by atoms with Gasteiger partial charge in [0.1, 0.15) is 5.75 Å². The maximum atomic E-state index is 12.7. The van der Waals surface area contributed by atoms with Gasteiger partial charge >= 0.3 is 0 Å². The van der Waals surface area contributed by atoms with Crippen LogP contribution in [0.25, 0.3) is 0 Å². The molecule has 2 aromatic carbocycles. The summed E-state index contributed by atoms with van der Waals surface area (Å²) < 4.78 is 30.2. The Balaban J connectivity index is 1.63. The minimum atomic E-state index is -3.31. The summed E-state index contributed by atoms with van der Waals surface area (Å²) in [5.41, 5.74) is 3.01. The number of rotatable bonds is 5. The maximum absolute atomic E-state index is 12.7. The minimum absolute atomic E-state index is 0.0539. The molecule has 1 aliphatic heterocycles. The normalized spacial score (nSPS) is 15.0. The summed E-state index contributed by atoms with van der Waals surface area (Å²) in [5, 5.41) is 0. The molecule has 0 radical (unpaired) electrons. The van der Waals surface area contributed by atoms with Gasteiger partial charge in [0, 0.05) is 20.1 Å². The van der Waals surface area contributed by atoms with E-state index in [1.807, 2.05) is 17.0 Å². The predicted octanol–water partition coefficient (Wildman–Crippen LogP) is 2.43. The van der Waals surface area contributed by atoms with Gasteiger partial charge in [-0.3, -0.25) is 9.10 Å². The molecule has 1 aliphatic rings. The van der Waals surface area contributed by atoms with Gasteiger partial charge in [-0.2, -0.15) is 0 Å². The number of fused-ring (bicyclic) bond motifs is 1. The lowest BCUT2D eigenvalue weighted by Gasteiger charge is -2.31. The lowest BCUT2D eigenvalue weighted by atomic mass is 9.99. The summed E-state index contributed by atoms with van der Waals surface area (Å²) in [4.78, 5) is 14.6. The Morgan fingerprint density at radius 1 is 1.11 bits per heavy atom. The fourth-order valence-corrected chi connectivity index (χ4v) is 3.63. The van der Waals surface area contributed by atoms with Crippen LogP contribution in [0, 0.1) is 0 Å². The molecule has 0 fully saturated rings. The second kappa shape index (κ2) is 7.60. The van der Waals surface area contributed by atoms with Gasteiger partial charge in [0.15, 0.2) is 6.10 Å². The van der Waals surface area contributed by atoms with Gasteiger partial charge in [0.05, 0.1) is 11.9 Å². The van der Waals surface area contributed by atoms with Crippen molar-refractivity contribution < 1.29 is 17.9 Å². The highest BCUT2D eigenvalue weighted by atomic mass is 32.2. The van der Waals surface area contributed by atoms with Crippen LogP contribution in [0.2, 0.25) is 0 Å². The third-order valence-corrected chi connectivity index (χ3v) is 6.01. The monoisotopic (exact) mass is 388 g/mol. The Labute approximate surface area is 160 Å². The molecule has 0 aromatic heterocycles. The quantitative estimate of drug-likeness (QED) is 0.789. The summed E-state index contributed by atoms with van der Waals surface area (Å²) in [6, 6.07) is 14.8. The molecule has 0 unspecified atom stereocenters. The highest BCUT2D eigenvalue weighted by molar-refractivity contribution is 7.92. The Hall–Kier alpha value is -2.54. The van der Waals surface area contributed by atoms with E-state index in [0.717, 1.165) is 12.7 Å². The number of ether oxygens (including phenoxy) is 1. The van der Waals surface area contributed by atoms with Crippen molar-refractivity contribution in [1.82, 2.24) is 4.90 Å². The highest BCUT2D eigenvalue weighted by Crippen LogP contribution is 2.23. The number of carbonyl (C=O) groups excluding carboxylic acids is 1. The van der Waals surface area contributed by atoms with Crippen molar-refractivity contribution in [2.24, 2.45) is 0 Å². The summed E-state index contributed by atoms with van der Waals surface area (Å²) in [5.74, 6) is 0.473. The molecule has 2 aromatic rings. The second-order valence-corrected chi connectivity index (χ2v) is 8.78. The Kier molecular flexibility index (Phi) is 5.41. The third-order valence-electron chi connectivity index (χ3n) is 4.80. The summed E-state index contributed by atoms with van der Waals surface area (Å²) in [6.45, 7) is 3.02. The SMILES string of the molecule is C[C@@H](Oc1ccc(N(C)S(C)(=O)=O)cc1)C(=O)N1CCc2ccccc2C1. The molecule has 1 atom stereocenters. The van der Waals surface area contributed by atoms with Crippen molar-refractivity contribution in [3.8, 4) is 5.75 Å². The first-order valence-electron chi connectivity index (χ1n) is 8.82. The van der Waals surface area contributed by atoms with Crippen molar-refractivity contribution in [1.29, 1.82) is 0 Å². The van der Waals surface area contributed by atoms with Crippen LogP contribution in [-0.4, -0.2) is 45.2 Å². The number of hydrogen-bond acceptors (Lipinski definition) is 4. The fraction of sp³-hybridized carbons (Fsp3) is 0.350. The number of hydrogen-bond donors (Lipinski definition) is 0. The van der Waals surface area contributed by atoms with E-state index in [-0.39, 0.29) is 5.91 Å². The van der Waals surface area contributed by atoms with E-state index >= 15 is 0 Å². The first-order valence-corrected chi connectivity index (χ1v) is 10.7. The van der Waals surface area contributed by atoms with E-state index < -0.39 is 16.1 Å². The van der Waals surface area contributed by atoms with Gasteiger partial charge in [0.2, 0.25) is 10.0 Å². The molecule has 1 amide bonds. The molecular weight excluding hydrogens is 364 g/mol. The topological polar surface area (TPSA) is 66.9 Å². The van der Waals surface area contributed by atoms with Gasteiger partial charge in [-0.05, 0) is 48.7 Å². The number of benzene rings is 2. The number of amides is 1. The Morgan fingerprint density at radius 2 is 1.74 bits per heavy atom. The van der Waals surface area contributed by atoms with E-state index in [0.29, 0.717) is 24.5 Å². The third kappa shape index (κ3) is 4.42. The molecule has 7 heteroatoms. The van der Waals surface area contributed by atoms with Crippen LogP contribution in [0.15, 0.2) is 48.5 Å². The van der Waals surface area contributed by atoms with Gasteiger partial charge in [-0.25, -0.2) is 8.42 Å². The van der Waals surface area contributed by atoms with E-state index in [1.54, 1.807) is 31.2 Å². The second-order valence-electron chi connectivity index (χ2n) is 6.76. The number of sulfonamides is 1. The van der Waals surface area contributed by atoms with Crippen LogP contribution in [0.4, 0.5) is 5.69 Å². The van der Waals surface area contributed by atoms with Crippen molar-refractivity contribution in [2.75, 3.05) is 24.2 Å². The van der Waals surface area contributed by atoms with Gasteiger partial charge in [0.25, 0.3) is 5.91 Å². The van der Waals surface area contributed by atoms with Gasteiger partial charge in [-0.1, -0.05) is 24.3 Å². The average Bonchev–Trinajstić information content (AvgIpc) is 2.66. The minimum Gasteiger partial charge on any atom is -0.481 e. The van der Waals surface area contributed by atoms with Crippen LogP contribution in [0.3, 0.4) is 0 Å². The zero-order chi connectivity index (χ0) is 19.6. The molecular formula is C20H24N2O4S. The van der Waals surface area contributed by atoms with Gasteiger partial charge < -0.3 is 9.64 Å². The summed E-state index contributed by atoms with van der Waals surface area (Å²) in [6.07, 6.45) is 1.38. The average molecular weight is 388 g/mol. The standard InChI is InChI=1S/C20H24N2O4S/c1-15(20(23)22-13-12-16-6-4-5-7-17(16)14-22)26-19-10-8-18(9-11-19)21(2)27(3,24)25/h4-11,15H,12-14H2,1-3H3/t15-/m1/s1. The highest BCUT2D eigenvalue weighted by Gasteiger charge is 2.25. The van der Waals surface area contributed by atoms with Crippen molar-refractivity contribution in [2.45, 2.75) is 26.0 Å². The van der Waals surface area contributed by atoms with Crippen molar-refractivity contribution >= 4 is 21.6 Å². The molecule has 0 N–H and O–H groups in total. The number of nitrogens with zero attached hydrogens (tertiary/aromatic N) is 2. The van der Waals surface area contributed by atoms with E-state index in [4.69, 9.17) is 4.74 Å². The van der Waals surface area contributed by atoms with E-state index in [1.165, 1.54) is 22.5 Å². The lowest BCUT2D eigenvalue weighted by molar-refractivity contribution is -0.138. The molecule has 0 bridgehead atoms. The molecule has 3 rings (SSSR count). The van der Waals surface area contributed by atoms with Crippen molar-refractivity contribution in [3.63, 3.8) is 0 Å². The summed E-state index contributed by atoms with van der Waals surface area (Å²) >= 11 is 0. The van der Waals surface area contributed by atoms with Crippen LogP contribution in [0.5, 0.6) is 5.75 Å². The first-order chi connectivity index (χ1) is 12.8. The fourth-order valence-electron chi connectivity index (χ4n) is 3.12. The molecule has 144 valence electrons. The Morgan fingerprint density at radius 3 is 2.37 bits per heavy atom. The maximum Gasteiger partial charge on any atom is 0.263 e. The first kappa shape index (κ1) is 19.2. The zero-order valence-corrected chi connectivity index (χ0v) is 16.6. The molecule has 0 saturated carbocycles. The largest absolute Gasteiger partial charge is 0.481 e. The summed E-state index contributed by atoms with van der Waals surface area (Å²) in [7, 11) is -1.82. The van der Waals surface area contributed by atoms with Crippen LogP contribution in [0.1, 0.15) is 18.1 Å². The number of carbonyl (C=O) groups is 1. The molecule has 0 saturated heterocycles. The zero-order valence-electron chi connectivity index (χ0n) is 15.8. The smallest absolute Gasteiger partial charge is 0.263 e. The molecule has 27 heavy (non-hydrogen) atoms. The Bertz CT molecular complexity index is 925. The molecule has 1 heterocycles. The molecule has 6 nitrogen and oxygen atoms in total. The molecule has 0 aliphatic carbocycles. The van der Waals surface area contributed by atoms with Crippen LogP contribution >= 0.6 is 0 Å². The molecule has 0 spiro atoms. The number of anilines is 1.